The fourth-order valence-electron chi connectivity index (χ4n) is 2.68. The number of carbonyl (C=O) groups excluding carboxylic acids is 3. The van der Waals surface area contributed by atoms with E-state index in [4.69, 9.17) is 13.9 Å². The minimum Gasteiger partial charge on any atom is -0.495 e. The summed E-state index contributed by atoms with van der Waals surface area (Å²) in [6, 6.07) is 16.7. The second-order valence-electron chi connectivity index (χ2n) is 6.40. The number of ether oxygens (including phenoxy) is 2. The molecule has 1 amide bonds. The largest absolute Gasteiger partial charge is 0.495 e. The fourth-order valence-corrected chi connectivity index (χ4v) is 3.40. The molecule has 0 fully saturated rings. The van der Waals surface area contributed by atoms with E-state index in [1.54, 1.807) is 48.7 Å². The molecule has 1 aromatic heterocycles. The highest BCUT2D eigenvalue weighted by molar-refractivity contribution is 7.99. The number of furan rings is 1. The first-order valence-electron chi connectivity index (χ1n) is 9.40. The van der Waals surface area contributed by atoms with Crippen molar-refractivity contribution in [3.8, 4) is 5.75 Å². The summed E-state index contributed by atoms with van der Waals surface area (Å²) in [5.41, 5.74) is 1.00. The Morgan fingerprint density at radius 2 is 1.81 bits per heavy atom. The van der Waals surface area contributed by atoms with Gasteiger partial charge in [-0.2, -0.15) is 0 Å². The molecule has 0 atom stereocenters. The molecular formula is C23H21NO6S. The van der Waals surface area contributed by atoms with Crippen LogP contribution in [0.1, 0.15) is 26.5 Å². The number of ketones is 1. The number of methoxy groups -OCH3 is 1. The normalized spacial score (nSPS) is 10.4. The third kappa shape index (κ3) is 6.48. The Morgan fingerprint density at radius 3 is 2.52 bits per heavy atom. The Balaban J connectivity index is 1.57. The van der Waals surface area contributed by atoms with Crippen LogP contribution in [0.4, 0.5) is 5.69 Å². The minimum atomic E-state index is -0.672. The van der Waals surface area contributed by atoms with Gasteiger partial charge in [0.25, 0.3) is 0 Å². The average molecular weight is 439 g/mol. The van der Waals surface area contributed by atoms with Crippen molar-refractivity contribution in [1.29, 1.82) is 0 Å². The number of amides is 1. The first kappa shape index (κ1) is 22.2. The first-order chi connectivity index (χ1) is 15.1. The van der Waals surface area contributed by atoms with Gasteiger partial charge in [0.2, 0.25) is 5.91 Å². The molecule has 0 bridgehead atoms. The van der Waals surface area contributed by atoms with Crippen molar-refractivity contribution in [1.82, 2.24) is 0 Å². The zero-order chi connectivity index (χ0) is 22.1. The molecule has 3 aromatic rings. The van der Waals surface area contributed by atoms with E-state index in [0.29, 0.717) is 22.8 Å². The van der Waals surface area contributed by atoms with Crippen LogP contribution in [-0.4, -0.2) is 37.1 Å². The standard InChI is InChI=1S/C23H21NO6S/c1-28-21-10-9-17(23(27)30-13-20(25)16-6-3-2-4-7-16)12-19(21)24-22(26)15-31-14-18-8-5-11-29-18/h2-12H,13-15H2,1H3,(H,24,26). The number of hydrogen-bond acceptors (Lipinski definition) is 7. The van der Waals surface area contributed by atoms with Gasteiger partial charge < -0.3 is 19.2 Å². The predicted octanol–water partition coefficient (Wildman–Crippen LogP) is 4.20. The predicted molar refractivity (Wildman–Crippen MR) is 118 cm³/mol. The van der Waals surface area contributed by atoms with E-state index in [1.807, 2.05) is 6.07 Å². The van der Waals surface area contributed by atoms with Crippen molar-refractivity contribution in [2.75, 3.05) is 24.8 Å². The minimum absolute atomic E-state index is 0.195. The zero-order valence-corrected chi connectivity index (χ0v) is 17.6. The van der Waals surface area contributed by atoms with Crippen molar-refractivity contribution in [3.63, 3.8) is 0 Å². The summed E-state index contributed by atoms with van der Waals surface area (Å²) < 4.78 is 15.6. The molecule has 0 unspecified atom stereocenters. The van der Waals surface area contributed by atoms with Crippen LogP contribution in [0.5, 0.6) is 5.75 Å². The molecular weight excluding hydrogens is 418 g/mol. The smallest absolute Gasteiger partial charge is 0.338 e. The Bertz CT molecular complexity index is 1030. The molecule has 1 heterocycles. The van der Waals surface area contributed by atoms with Crippen LogP contribution >= 0.6 is 11.8 Å². The van der Waals surface area contributed by atoms with E-state index in [-0.39, 0.29) is 29.6 Å². The maximum absolute atomic E-state index is 12.4. The average Bonchev–Trinajstić information content (AvgIpc) is 3.31. The lowest BCUT2D eigenvalue weighted by Crippen LogP contribution is -2.17. The van der Waals surface area contributed by atoms with Crippen molar-refractivity contribution < 1.29 is 28.3 Å². The van der Waals surface area contributed by atoms with E-state index in [2.05, 4.69) is 5.32 Å². The Hall–Kier alpha value is -3.52. The number of nitrogens with one attached hydrogen (secondary N) is 1. The molecule has 7 nitrogen and oxygen atoms in total. The van der Waals surface area contributed by atoms with Crippen LogP contribution in [0.25, 0.3) is 0 Å². The van der Waals surface area contributed by atoms with Crippen LogP contribution in [0.15, 0.2) is 71.3 Å². The van der Waals surface area contributed by atoms with Crippen molar-refractivity contribution in [2.45, 2.75) is 5.75 Å². The number of benzene rings is 2. The van der Waals surface area contributed by atoms with Crippen LogP contribution in [0.2, 0.25) is 0 Å². The Morgan fingerprint density at radius 1 is 1.00 bits per heavy atom. The maximum Gasteiger partial charge on any atom is 0.338 e. The maximum atomic E-state index is 12.4. The molecule has 0 aliphatic heterocycles. The summed E-state index contributed by atoms with van der Waals surface area (Å²) in [7, 11) is 1.47. The number of thioether (sulfide) groups is 1. The van der Waals surface area contributed by atoms with Crippen molar-refractivity contribution in [2.24, 2.45) is 0 Å². The number of anilines is 1. The summed E-state index contributed by atoms with van der Waals surface area (Å²) in [6.07, 6.45) is 1.58. The van der Waals surface area contributed by atoms with Gasteiger partial charge in [-0.15, -0.1) is 11.8 Å². The fraction of sp³-hybridized carbons (Fsp3) is 0.174. The van der Waals surface area contributed by atoms with Gasteiger partial charge in [-0.05, 0) is 30.3 Å². The second-order valence-corrected chi connectivity index (χ2v) is 7.39. The molecule has 8 heteroatoms. The van der Waals surface area contributed by atoms with E-state index in [0.717, 1.165) is 5.76 Å². The van der Waals surface area contributed by atoms with Crippen LogP contribution in [-0.2, 0) is 15.3 Å². The molecule has 160 valence electrons. The molecule has 0 radical (unpaired) electrons. The topological polar surface area (TPSA) is 94.8 Å². The Kier molecular flexibility index (Phi) is 7.89. The number of Topliss-reactive ketones (excluding diaryl/α,β-unsaturated/α-hetero) is 1. The van der Waals surface area contributed by atoms with Gasteiger partial charge in [-0.1, -0.05) is 30.3 Å². The number of carbonyl (C=O) groups is 3. The first-order valence-corrected chi connectivity index (χ1v) is 10.6. The summed E-state index contributed by atoms with van der Waals surface area (Å²) in [5, 5.41) is 2.74. The van der Waals surface area contributed by atoms with E-state index >= 15 is 0 Å². The molecule has 31 heavy (non-hydrogen) atoms. The monoisotopic (exact) mass is 439 g/mol. The molecule has 0 spiro atoms. The molecule has 3 rings (SSSR count). The summed E-state index contributed by atoms with van der Waals surface area (Å²) in [6.45, 7) is -0.375. The van der Waals surface area contributed by atoms with Crippen LogP contribution in [0, 0.1) is 0 Å². The van der Waals surface area contributed by atoms with Gasteiger partial charge in [0.1, 0.15) is 11.5 Å². The molecule has 0 saturated carbocycles. The molecule has 0 aliphatic rings. The number of hydrogen-bond donors (Lipinski definition) is 1. The van der Waals surface area contributed by atoms with E-state index in [1.165, 1.54) is 31.0 Å². The van der Waals surface area contributed by atoms with Gasteiger partial charge >= 0.3 is 5.97 Å². The molecule has 0 aliphatic carbocycles. The van der Waals surface area contributed by atoms with E-state index < -0.39 is 5.97 Å². The van der Waals surface area contributed by atoms with Gasteiger partial charge in [0.05, 0.1) is 36.1 Å². The van der Waals surface area contributed by atoms with Gasteiger partial charge in [0, 0.05) is 5.56 Å². The number of rotatable bonds is 10. The van der Waals surface area contributed by atoms with E-state index in [9.17, 15) is 14.4 Å². The summed E-state index contributed by atoms with van der Waals surface area (Å²) in [4.78, 5) is 36.8. The highest BCUT2D eigenvalue weighted by Crippen LogP contribution is 2.26. The highest BCUT2D eigenvalue weighted by atomic mass is 32.2. The van der Waals surface area contributed by atoms with Crippen molar-refractivity contribution >= 4 is 35.1 Å². The second kappa shape index (κ2) is 11.0. The van der Waals surface area contributed by atoms with Gasteiger partial charge in [-0.25, -0.2) is 4.79 Å². The number of esters is 1. The lowest BCUT2D eigenvalue weighted by atomic mass is 10.1. The zero-order valence-electron chi connectivity index (χ0n) is 16.8. The quantitative estimate of drug-likeness (QED) is 0.374. The van der Waals surface area contributed by atoms with Crippen LogP contribution in [0.3, 0.4) is 0 Å². The SMILES string of the molecule is COc1ccc(C(=O)OCC(=O)c2ccccc2)cc1NC(=O)CSCc1ccco1. The molecule has 2 aromatic carbocycles. The van der Waals surface area contributed by atoms with Crippen molar-refractivity contribution in [3.05, 3.63) is 83.8 Å². The molecule has 1 N–H and O–H groups in total. The summed E-state index contributed by atoms with van der Waals surface area (Å²) >= 11 is 1.40. The lowest BCUT2D eigenvalue weighted by molar-refractivity contribution is -0.113. The van der Waals surface area contributed by atoms with Gasteiger partial charge in [0.15, 0.2) is 12.4 Å². The third-order valence-corrected chi connectivity index (χ3v) is 5.15. The summed E-state index contributed by atoms with van der Waals surface area (Å²) in [5.74, 6) is 0.731. The Labute approximate surface area is 183 Å². The highest BCUT2D eigenvalue weighted by Gasteiger charge is 2.15. The molecule has 0 saturated heterocycles. The van der Waals surface area contributed by atoms with Gasteiger partial charge in [-0.3, -0.25) is 9.59 Å². The lowest BCUT2D eigenvalue weighted by Gasteiger charge is -2.12. The van der Waals surface area contributed by atoms with Crippen LogP contribution < -0.4 is 10.1 Å². The third-order valence-electron chi connectivity index (χ3n) is 4.20.